The molecule has 1 rings (SSSR count). The van der Waals surface area contributed by atoms with E-state index in [1.807, 2.05) is 0 Å². The summed E-state index contributed by atoms with van der Waals surface area (Å²) in [4.78, 5) is 22.4. The van der Waals surface area contributed by atoms with Crippen LogP contribution in [-0.2, 0) is 14.3 Å². The molecule has 1 aliphatic rings. The molecule has 0 saturated heterocycles. The van der Waals surface area contributed by atoms with Crippen molar-refractivity contribution in [1.29, 1.82) is 0 Å². The first kappa shape index (κ1) is 18.2. The minimum absolute atomic E-state index is 0.0880. The first-order valence-electron chi connectivity index (χ1n) is 8.85. The third kappa shape index (κ3) is 8.90. The number of esters is 1. The lowest BCUT2D eigenvalue weighted by atomic mass is 9.78. The zero-order chi connectivity index (χ0) is 15.3. The summed E-state index contributed by atoms with van der Waals surface area (Å²) in [5.74, 6) is 0.906. The third-order valence-corrected chi connectivity index (χ3v) is 4.54. The molecule has 0 aromatic rings. The van der Waals surface area contributed by atoms with E-state index in [-0.39, 0.29) is 11.9 Å². The minimum atomic E-state index is -0.0880. The van der Waals surface area contributed by atoms with Crippen LogP contribution in [0.1, 0.15) is 84.0 Å². The van der Waals surface area contributed by atoms with Crippen LogP contribution in [0.15, 0.2) is 0 Å². The predicted molar refractivity (Wildman–Crippen MR) is 85.1 cm³/mol. The fourth-order valence-electron chi connectivity index (χ4n) is 2.90. The third-order valence-electron chi connectivity index (χ3n) is 4.54. The molecule has 0 amide bonds. The van der Waals surface area contributed by atoms with E-state index in [9.17, 15) is 9.59 Å². The maximum atomic E-state index is 11.7. The molecule has 1 atom stereocenters. The molecule has 1 aliphatic carbocycles. The topological polar surface area (TPSA) is 43.4 Å². The van der Waals surface area contributed by atoms with Crippen LogP contribution in [0.3, 0.4) is 0 Å². The summed E-state index contributed by atoms with van der Waals surface area (Å²) in [5.41, 5.74) is 0. The van der Waals surface area contributed by atoms with E-state index in [1.54, 1.807) is 0 Å². The summed E-state index contributed by atoms with van der Waals surface area (Å²) in [5, 5.41) is 0. The molecule has 1 saturated carbocycles. The number of hydrogen-bond donors (Lipinski definition) is 0. The molecule has 3 heteroatoms. The van der Waals surface area contributed by atoms with Crippen molar-refractivity contribution in [3.63, 3.8) is 0 Å². The van der Waals surface area contributed by atoms with Crippen molar-refractivity contribution in [2.75, 3.05) is 6.61 Å². The standard InChI is InChI=1S/C18H32O3/c1-2-3-4-5-6-7-11-18(20)21-15-17(12-13-19)14-16-9-8-10-16/h13,16-17H,2-12,14-15H2,1H3. The summed E-state index contributed by atoms with van der Waals surface area (Å²) in [6, 6.07) is 0. The summed E-state index contributed by atoms with van der Waals surface area (Å²) < 4.78 is 5.36. The second-order valence-electron chi connectivity index (χ2n) is 6.50. The average molecular weight is 296 g/mol. The van der Waals surface area contributed by atoms with Crippen molar-refractivity contribution in [1.82, 2.24) is 0 Å². The molecule has 0 N–H and O–H groups in total. The quantitative estimate of drug-likeness (QED) is 0.282. The zero-order valence-corrected chi connectivity index (χ0v) is 13.6. The van der Waals surface area contributed by atoms with Crippen molar-refractivity contribution < 1.29 is 14.3 Å². The minimum Gasteiger partial charge on any atom is -0.465 e. The van der Waals surface area contributed by atoms with Gasteiger partial charge in [0.05, 0.1) is 6.61 Å². The van der Waals surface area contributed by atoms with Gasteiger partial charge < -0.3 is 9.53 Å². The highest BCUT2D eigenvalue weighted by atomic mass is 16.5. The van der Waals surface area contributed by atoms with Crippen LogP contribution in [0.4, 0.5) is 0 Å². The number of hydrogen-bond acceptors (Lipinski definition) is 3. The smallest absolute Gasteiger partial charge is 0.305 e. The first-order chi connectivity index (χ1) is 10.3. The van der Waals surface area contributed by atoms with Crippen LogP contribution >= 0.6 is 0 Å². The first-order valence-corrected chi connectivity index (χ1v) is 8.85. The number of aldehydes is 1. The normalized spacial score (nSPS) is 16.2. The molecule has 0 spiro atoms. The van der Waals surface area contributed by atoms with Crippen molar-refractivity contribution in [2.24, 2.45) is 11.8 Å². The maximum absolute atomic E-state index is 11.7. The van der Waals surface area contributed by atoms with Crippen molar-refractivity contribution in [3.05, 3.63) is 0 Å². The van der Waals surface area contributed by atoms with Gasteiger partial charge >= 0.3 is 5.97 Å². The number of carbonyl (C=O) groups excluding carboxylic acids is 2. The summed E-state index contributed by atoms with van der Waals surface area (Å²) in [6.45, 7) is 2.64. The highest BCUT2D eigenvalue weighted by molar-refractivity contribution is 5.69. The molecular formula is C18H32O3. The van der Waals surface area contributed by atoms with Crippen molar-refractivity contribution in [2.45, 2.75) is 84.0 Å². The number of ether oxygens (including phenoxy) is 1. The van der Waals surface area contributed by atoms with E-state index >= 15 is 0 Å². The van der Waals surface area contributed by atoms with E-state index in [4.69, 9.17) is 4.74 Å². The van der Waals surface area contributed by atoms with Gasteiger partial charge in [-0.15, -0.1) is 0 Å². The van der Waals surface area contributed by atoms with Gasteiger partial charge in [-0.05, 0) is 24.7 Å². The summed E-state index contributed by atoms with van der Waals surface area (Å²) in [6.07, 6.45) is 14.0. The molecule has 1 fully saturated rings. The second-order valence-corrected chi connectivity index (χ2v) is 6.50. The van der Waals surface area contributed by atoms with Crippen molar-refractivity contribution >= 4 is 12.3 Å². The second kappa shape index (κ2) is 11.8. The van der Waals surface area contributed by atoms with Crippen LogP contribution < -0.4 is 0 Å². The van der Waals surface area contributed by atoms with Crippen LogP contribution in [0.25, 0.3) is 0 Å². The molecule has 3 nitrogen and oxygen atoms in total. The fraction of sp³-hybridized carbons (Fsp3) is 0.889. The van der Waals surface area contributed by atoms with Gasteiger partial charge in [0.2, 0.25) is 0 Å². The number of rotatable bonds is 13. The predicted octanol–water partition coefficient (Wildman–Crippen LogP) is 4.68. The van der Waals surface area contributed by atoms with Gasteiger partial charge in [-0.25, -0.2) is 0 Å². The van der Waals surface area contributed by atoms with Crippen molar-refractivity contribution in [3.8, 4) is 0 Å². The molecule has 122 valence electrons. The lowest BCUT2D eigenvalue weighted by Crippen LogP contribution is -2.21. The Balaban J connectivity index is 2.04. The summed E-state index contributed by atoms with van der Waals surface area (Å²) in [7, 11) is 0. The molecular weight excluding hydrogens is 264 g/mol. The highest BCUT2D eigenvalue weighted by Crippen LogP contribution is 2.33. The molecule has 0 aromatic heterocycles. The lowest BCUT2D eigenvalue weighted by Gasteiger charge is -2.28. The largest absolute Gasteiger partial charge is 0.465 e. The molecule has 0 radical (unpaired) electrons. The molecule has 0 bridgehead atoms. The Morgan fingerprint density at radius 2 is 1.90 bits per heavy atom. The molecule has 0 aromatic carbocycles. The highest BCUT2D eigenvalue weighted by Gasteiger charge is 2.22. The SMILES string of the molecule is CCCCCCCCC(=O)OCC(CC=O)CC1CCC1. The van der Waals surface area contributed by atoms with Gasteiger partial charge in [0.1, 0.15) is 6.29 Å². The van der Waals surface area contributed by atoms with Crippen LogP contribution in [0.5, 0.6) is 0 Å². The Hall–Kier alpha value is -0.860. The zero-order valence-electron chi connectivity index (χ0n) is 13.6. The van der Waals surface area contributed by atoms with Crippen LogP contribution in [0, 0.1) is 11.8 Å². The van der Waals surface area contributed by atoms with Gasteiger partial charge in [-0.3, -0.25) is 4.79 Å². The van der Waals surface area contributed by atoms with Gasteiger partial charge in [0.15, 0.2) is 0 Å². The Morgan fingerprint density at radius 3 is 2.52 bits per heavy atom. The lowest BCUT2D eigenvalue weighted by molar-refractivity contribution is -0.145. The Morgan fingerprint density at radius 1 is 1.19 bits per heavy atom. The van der Waals surface area contributed by atoms with Gasteiger partial charge in [0, 0.05) is 12.8 Å². The van der Waals surface area contributed by atoms with Gasteiger partial charge in [0.25, 0.3) is 0 Å². The monoisotopic (exact) mass is 296 g/mol. The van der Waals surface area contributed by atoms with E-state index < -0.39 is 0 Å². The fourth-order valence-corrected chi connectivity index (χ4v) is 2.90. The van der Waals surface area contributed by atoms with Crippen LogP contribution in [0.2, 0.25) is 0 Å². The Kier molecular flexibility index (Phi) is 10.2. The Labute approximate surface area is 129 Å². The molecule has 21 heavy (non-hydrogen) atoms. The Bertz CT molecular complexity index is 284. The maximum Gasteiger partial charge on any atom is 0.305 e. The molecule has 0 aliphatic heterocycles. The number of carbonyl (C=O) groups is 2. The van der Waals surface area contributed by atoms with E-state index in [2.05, 4.69) is 6.92 Å². The van der Waals surface area contributed by atoms with E-state index in [0.29, 0.717) is 19.4 Å². The molecule has 1 unspecified atom stereocenters. The van der Waals surface area contributed by atoms with Crippen LogP contribution in [-0.4, -0.2) is 18.9 Å². The van der Waals surface area contributed by atoms with E-state index in [1.165, 1.54) is 44.9 Å². The summed E-state index contributed by atoms with van der Waals surface area (Å²) >= 11 is 0. The molecule has 0 heterocycles. The number of unbranched alkanes of at least 4 members (excludes halogenated alkanes) is 5. The van der Waals surface area contributed by atoms with E-state index in [0.717, 1.165) is 31.5 Å². The van der Waals surface area contributed by atoms with Gasteiger partial charge in [-0.2, -0.15) is 0 Å². The average Bonchev–Trinajstić information content (AvgIpc) is 2.43. The van der Waals surface area contributed by atoms with Gasteiger partial charge in [-0.1, -0.05) is 58.3 Å².